The van der Waals surface area contributed by atoms with Crippen LogP contribution in [0, 0.1) is 11.3 Å². The lowest BCUT2D eigenvalue weighted by molar-refractivity contribution is -0.192. The number of aromatic amines is 2. The zero-order valence-corrected chi connectivity index (χ0v) is 17.8. The van der Waals surface area contributed by atoms with Gasteiger partial charge in [-0.05, 0) is 18.2 Å². The first kappa shape index (κ1) is 23.5. The highest BCUT2D eigenvalue weighted by atomic mass is 19.4. The molecule has 180 valence electrons. The number of nitriles is 1. The van der Waals surface area contributed by atoms with Crippen molar-refractivity contribution in [3.8, 4) is 17.3 Å². The summed E-state index contributed by atoms with van der Waals surface area (Å²) < 4.78 is 33.5. The minimum absolute atomic E-state index is 0.0734. The van der Waals surface area contributed by atoms with Crippen LogP contribution < -0.4 is 0 Å². The van der Waals surface area contributed by atoms with E-state index in [9.17, 15) is 23.2 Å². The Morgan fingerprint density at radius 1 is 1.20 bits per heavy atom. The quantitative estimate of drug-likeness (QED) is 0.400. The predicted octanol–water partition coefficient (Wildman–Crippen LogP) is 2.55. The number of hydrogen-bond acceptors (Lipinski definition) is 6. The molecule has 1 aliphatic heterocycles. The van der Waals surface area contributed by atoms with E-state index in [2.05, 4.69) is 31.1 Å². The SMILES string of the molecule is N#CCC1(n2cc(-c3ncnc4[nH]ccc34)cn2)CN(C(=O)c2ccc[nH]2)C1.O=C(O)C(F)(F)F. The van der Waals surface area contributed by atoms with E-state index < -0.39 is 17.7 Å². The van der Waals surface area contributed by atoms with Gasteiger partial charge in [-0.1, -0.05) is 0 Å². The van der Waals surface area contributed by atoms with Crippen molar-refractivity contribution in [1.82, 2.24) is 34.6 Å². The highest BCUT2D eigenvalue weighted by Gasteiger charge is 2.48. The van der Waals surface area contributed by atoms with Crippen LogP contribution in [0.25, 0.3) is 22.3 Å². The highest BCUT2D eigenvalue weighted by Crippen LogP contribution is 2.34. The lowest BCUT2D eigenvalue weighted by Crippen LogP contribution is -2.64. The predicted molar refractivity (Wildman–Crippen MR) is 114 cm³/mol. The smallest absolute Gasteiger partial charge is 0.475 e. The molecule has 11 nitrogen and oxygen atoms in total. The van der Waals surface area contributed by atoms with Crippen molar-refractivity contribution in [1.29, 1.82) is 5.26 Å². The molecule has 0 aromatic carbocycles. The fourth-order valence-electron chi connectivity index (χ4n) is 3.73. The Kier molecular flexibility index (Phi) is 6.00. The monoisotopic (exact) mass is 486 g/mol. The first-order valence-corrected chi connectivity index (χ1v) is 10.1. The maximum absolute atomic E-state index is 12.5. The number of rotatable bonds is 4. The number of carbonyl (C=O) groups is 2. The molecule has 0 spiro atoms. The lowest BCUT2D eigenvalue weighted by Gasteiger charge is -2.48. The second kappa shape index (κ2) is 8.93. The number of halogens is 3. The summed E-state index contributed by atoms with van der Waals surface area (Å²) in [7, 11) is 0. The molecule has 1 fully saturated rings. The lowest BCUT2D eigenvalue weighted by atomic mass is 9.86. The van der Waals surface area contributed by atoms with E-state index in [0.717, 1.165) is 22.3 Å². The molecule has 5 rings (SSSR count). The largest absolute Gasteiger partial charge is 0.490 e. The number of carboxylic acid groups (broad SMARTS) is 1. The number of hydrogen-bond donors (Lipinski definition) is 3. The Hall–Kier alpha value is -4.67. The van der Waals surface area contributed by atoms with Crippen molar-refractivity contribution in [2.75, 3.05) is 13.1 Å². The number of H-pyrrole nitrogens is 2. The molecule has 35 heavy (non-hydrogen) atoms. The van der Waals surface area contributed by atoms with E-state index in [0.29, 0.717) is 18.8 Å². The molecule has 14 heteroatoms. The number of fused-ring (bicyclic) bond motifs is 1. The van der Waals surface area contributed by atoms with Crippen LogP contribution in [0.4, 0.5) is 13.2 Å². The van der Waals surface area contributed by atoms with Crippen LogP contribution in [0.2, 0.25) is 0 Å². The Morgan fingerprint density at radius 2 is 1.94 bits per heavy atom. The molecule has 1 aliphatic rings. The summed E-state index contributed by atoms with van der Waals surface area (Å²) in [6.07, 6.45) is 3.87. The summed E-state index contributed by atoms with van der Waals surface area (Å²) in [6.45, 7) is 0.867. The maximum atomic E-state index is 12.5. The van der Waals surface area contributed by atoms with E-state index in [4.69, 9.17) is 9.90 Å². The van der Waals surface area contributed by atoms with Crippen LogP contribution in [0.5, 0.6) is 0 Å². The molecule has 0 atom stereocenters. The number of likely N-dealkylation sites (tertiary alicyclic amines) is 1. The number of aromatic nitrogens is 6. The normalized spacial score (nSPS) is 14.5. The molecule has 3 N–H and O–H groups in total. The third kappa shape index (κ3) is 4.56. The average Bonchev–Trinajstić information content (AvgIpc) is 3.56. The van der Waals surface area contributed by atoms with Gasteiger partial charge in [0.1, 0.15) is 23.2 Å². The first-order chi connectivity index (χ1) is 16.6. The number of nitrogens with one attached hydrogen (secondary N) is 2. The van der Waals surface area contributed by atoms with Gasteiger partial charge < -0.3 is 20.0 Å². The van der Waals surface area contributed by atoms with Crippen LogP contribution in [-0.4, -0.2) is 70.9 Å². The van der Waals surface area contributed by atoms with Crippen LogP contribution in [0.1, 0.15) is 16.9 Å². The zero-order chi connectivity index (χ0) is 25.2. The van der Waals surface area contributed by atoms with Gasteiger partial charge in [-0.25, -0.2) is 14.8 Å². The molecule has 5 heterocycles. The van der Waals surface area contributed by atoms with Gasteiger partial charge in [-0.15, -0.1) is 0 Å². The van der Waals surface area contributed by atoms with Gasteiger partial charge in [0, 0.05) is 42.6 Å². The minimum atomic E-state index is -5.08. The van der Waals surface area contributed by atoms with E-state index in [1.54, 1.807) is 34.1 Å². The maximum Gasteiger partial charge on any atom is 0.490 e. The fraction of sp³-hybridized carbons (Fsp3) is 0.238. The molecule has 0 radical (unpaired) electrons. The fourth-order valence-corrected chi connectivity index (χ4v) is 3.73. The van der Waals surface area contributed by atoms with Crippen molar-refractivity contribution >= 4 is 22.9 Å². The van der Waals surface area contributed by atoms with E-state index in [1.165, 1.54) is 6.33 Å². The van der Waals surface area contributed by atoms with E-state index >= 15 is 0 Å². The van der Waals surface area contributed by atoms with Crippen molar-refractivity contribution < 1.29 is 27.9 Å². The van der Waals surface area contributed by atoms with Gasteiger partial charge in [-0.3, -0.25) is 9.48 Å². The van der Waals surface area contributed by atoms with E-state index in [-0.39, 0.29) is 12.3 Å². The Balaban J connectivity index is 0.000000364. The number of aliphatic carboxylic acids is 1. The third-order valence-corrected chi connectivity index (χ3v) is 5.43. The molecule has 4 aromatic rings. The molecular weight excluding hydrogens is 469 g/mol. The van der Waals surface area contributed by atoms with Gasteiger partial charge in [0.25, 0.3) is 5.91 Å². The molecule has 4 aromatic heterocycles. The van der Waals surface area contributed by atoms with Crippen LogP contribution in [-0.2, 0) is 10.3 Å². The molecule has 0 saturated carbocycles. The zero-order valence-electron chi connectivity index (χ0n) is 17.8. The molecule has 1 saturated heterocycles. The Bertz CT molecular complexity index is 1400. The molecule has 0 unspecified atom stereocenters. The molecule has 0 aliphatic carbocycles. The van der Waals surface area contributed by atoms with Crippen molar-refractivity contribution in [2.24, 2.45) is 0 Å². The summed E-state index contributed by atoms with van der Waals surface area (Å²) in [5.74, 6) is -2.83. The average molecular weight is 486 g/mol. The second-order valence-corrected chi connectivity index (χ2v) is 7.74. The highest BCUT2D eigenvalue weighted by molar-refractivity contribution is 5.93. The number of amides is 1. The molecule has 0 bridgehead atoms. The summed E-state index contributed by atoms with van der Waals surface area (Å²) in [6, 6.07) is 7.70. The topological polar surface area (TPSA) is 157 Å². The number of nitrogens with zero attached hydrogens (tertiary/aromatic N) is 6. The number of carboxylic acids is 1. The van der Waals surface area contributed by atoms with E-state index in [1.807, 2.05) is 18.5 Å². The summed E-state index contributed by atoms with van der Waals surface area (Å²) in [4.78, 5) is 37.7. The van der Waals surface area contributed by atoms with Gasteiger partial charge >= 0.3 is 12.1 Å². The Labute approximate surface area is 194 Å². The van der Waals surface area contributed by atoms with Crippen LogP contribution in [0.3, 0.4) is 0 Å². The second-order valence-electron chi connectivity index (χ2n) is 7.74. The van der Waals surface area contributed by atoms with Gasteiger partial charge in [-0.2, -0.15) is 23.5 Å². The third-order valence-electron chi connectivity index (χ3n) is 5.43. The summed E-state index contributed by atoms with van der Waals surface area (Å²) in [5.41, 5.74) is 2.40. The molecular formula is C21H17F3N8O3. The standard InChI is InChI=1S/C19H16N8O.C2HF3O2/c20-5-4-19(10-26(11-19)18(28)15-2-1-6-21-15)27-9-13(8-25-27)16-14-3-7-22-17(14)24-12-23-16;3-2(4,5)1(6)7/h1-3,6-9,12,21H,4,10-11H2,(H,22,23,24);(H,6,7). The van der Waals surface area contributed by atoms with Crippen molar-refractivity contribution in [2.45, 2.75) is 18.1 Å². The number of carbonyl (C=O) groups excluding carboxylic acids is 1. The van der Waals surface area contributed by atoms with Crippen molar-refractivity contribution in [3.63, 3.8) is 0 Å². The van der Waals surface area contributed by atoms with Crippen LogP contribution in [0.15, 0.2) is 49.3 Å². The van der Waals surface area contributed by atoms with Crippen LogP contribution >= 0.6 is 0 Å². The first-order valence-electron chi connectivity index (χ1n) is 10.1. The Morgan fingerprint density at radius 3 is 2.57 bits per heavy atom. The number of alkyl halides is 3. The molecule has 1 amide bonds. The summed E-state index contributed by atoms with van der Waals surface area (Å²) >= 11 is 0. The summed E-state index contributed by atoms with van der Waals surface area (Å²) in [5, 5.41) is 21.9. The van der Waals surface area contributed by atoms with Crippen molar-refractivity contribution in [3.05, 3.63) is 55.0 Å². The van der Waals surface area contributed by atoms with Gasteiger partial charge in [0.05, 0.1) is 24.4 Å². The minimum Gasteiger partial charge on any atom is -0.475 e. The van der Waals surface area contributed by atoms with Gasteiger partial charge in [0.15, 0.2) is 0 Å². The van der Waals surface area contributed by atoms with Gasteiger partial charge in [0.2, 0.25) is 0 Å².